The normalized spacial score (nSPS) is 42.0. The quantitative estimate of drug-likeness (QED) is 0.860. The molecule has 18 heavy (non-hydrogen) atoms. The highest BCUT2D eigenvalue weighted by Crippen LogP contribution is 2.55. The van der Waals surface area contributed by atoms with Gasteiger partial charge in [-0.3, -0.25) is 4.90 Å². The molecule has 1 aromatic rings. The molecule has 4 rings (SSSR count). The molecule has 5 atom stereocenters. The smallest absolute Gasteiger partial charge is 0.230 e. The number of nitrogens with zero attached hydrogens (tertiary/aromatic N) is 3. The number of rotatable bonds is 3. The molecule has 98 valence electrons. The van der Waals surface area contributed by atoms with Crippen molar-refractivity contribution in [3.8, 4) is 0 Å². The molecule has 0 amide bonds. The van der Waals surface area contributed by atoms with Gasteiger partial charge in [-0.05, 0) is 30.6 Å². The van der Waals surface area contributed by atoms with Crippen molar-refractivity contribution in [2.45, 2.75) is 44.9 Å². The second-order valence-electron chi connectivity index (χ2n) is 6.01. The number of likely N-dealkylation sites (tertiary alicyclic amines) is 1. The lowest BCUT2D eigenvalue weighted by Crippen LogP contribution is -2.40. The van der Waals surface area contributed by atoms with E-state index in [1.165, 1.54) is 12.8 Å². The highest BCUT2D eigenvalue weighted by atomic mass is 16.4. The van der Waals surface area contributed by atoms with Crippen molar-refractivity contribution in [3.63, 3.8) is 0 Å². The van der Waals surface area contributed by atoms with Crippen LogP contribution in [0.4, 0.5) is 0 Å². The number of hydrogen-bond acceptors (Lipinski definition) is 5. The van der Waals surface area contributed by atoms with Gasteiger partial charge in [0.05, 0.1) is 12.6 Å². The average Bonchev–Trinajstić information content (AvgIpc) is 3.04. The van der Waals surface area contributed by atoms with Crippen molar-refractivity contribution >= 4 is 0 Å². The highest BCUT2D eigenvalue weighted by molar-refractivity contribution is 5.11. The predicted molar refractivity (Wildman–Crippen MR) is 63.6 cm³/mol. The number of aryl methyl sites for hydroxylation is 1. The lowest BCUT2D eigenvalue weighted by atomic mass is 9.88. The van der Waals surface area contributed by atoms with Crippen LogP contribution in [0.5, 0.6) is 0 Å². The van der Waals surface area contributed by atoms with Gasteiger partial charge in [0.25, 0.3) is 0 Å². The molecule has 5 unspecified atom stereocenters. The lowest BCUT2D eigenvalue weighted by Gasteiger charge is -2.27. The zero-order valence-corrected chi connectivity index (χ0v) is 10.6. The van der Waals surface area contributed by atoms with E-state index >= 15 is 0 Å². The molecule has 5 heteroatoms. The van der Waals surface area contributed by atoms with Gasteiger partial charge >= 0.3 is 0 Å². The first-order valence-corrected chi connectivity index (χ1v) is 6.99. The molecule has 1 N–H and O–H groups in total. The molecular formula is C13H19N3O2. The summed E-state index contributed by atoms with van der Waals surface area (Å²) in [7, 11) is 0. The number of hydrogen-bond donors (Lipinski definition) is 1. The Morgan fingerprint density at radius 3 is 2.83 bits per heavy atom. The molecular weight excluding hydrogens is 230 g/mol. The Kier molecular flexibility index (Phi) is 2.29. The lowest BCUT2D eigenvalue weighted by molar-refractivity contribution is 0.0455. The van der Waals surface area contributed by atoms with Crippen molar-refractivity contribution in [2.75, 3.05) is 6.54 Å². The molecule has 5 nitrogen and oxygen atoms in total. The Morgan fingerprint density at radius 1 is 1.28 bits per heavy atom. The Hall–Kier alpha value is -0.940. The van der Waals surface area contributed by atoms with Crippen molar-refractivity contribution in [2.24, 2.45) is 17.8 Å². The van der Waals surface area contributed by atoms with Crippen LogP contribution in [0, 0.1) is 17.8 Å². The fraction of sp³-hybridized carbons (Fsp3) is 0.846. The summed E-state index contributed by atoms with van der Waals surface area (Å²) in [6, 6.07) is 0.339. The summed E-state index contributed by atoms with van der Waals surface area (Å²) in [5.41, 5.74) is 0. The van der Waals surface area contributed by atoms with Crippen LogP contribution >= 0.6 is 0 Å². The highest BCUT2D eigenvalue weighted by Gasteiger charge is 2.58. The van der Waals surface area contributed by atoms with Gasteiger partial charge in [-0.2, -0.15) is 0 Å². The van der Waals surface area contributed by atoms with E-state index in [0.29, 0.717) is 36.2 Å². The number of fused-ring (bicyclic) bond motifs is 1. The van der Waals surface area contributed by atoms with Crippen LogP contribution in [-0.4, -0.2) is 38.9 Å². The predicted octanol–water partition coefficient (Wildman–Crippen LogP) is 0.833. The summed E-state index contributed by atoms with van der Waals surface area (Å²) in [6.07, 6.45) is 3.08. The minimum atomic E-state index is -0.137. The van der Waals surface area contributed by atoms with E-state index in [0.717, 1.165) is 18.9 Å². The fourth-order valence-corrected chi connectivity index (χ4v) is 4.39. The monoisotopic (exact) mass is 249 g/mol. The summed E-state index contributed by atoms with van der Waals surface area (Å²) in [5.74, 6) is 3.44. The third kappa shape index (κ3) is 1.40. The van der Waals surface area contributed by atoms with Crippen LogP contribution in [-0.2, 0) is 13.0 Å². The Morgan fingerprint density at radius 2 is 2.11 bits per heavy atom. The SMILES string of the molecule is CCc1nnc(CN2CC3CC4CC3C2C4O)o1. The summed E-state index contributed by atoms with van der Waals surface area (Å²) in [6.45, 7) is 3.81. The maximum Gasteiger partial charge on any atom is 0.230 e. The summed E-state index contributed by atoms with van der Waals surface area (Å²) < 4.78 is 5.58. The Bertz CT molecular complexity index is 459. The number of aliphatic hydroxyl groups is 1. The van der Waals surface area contributed by atoms with Gasteiger partial charge in [-0.1, -0.05) is 6.92 Å². The maximum absolute atomic E-state index is 10.3. The third-order valence-electron chi connectivity index (χ3n) is 5.10. The third-order valence-corrected chi connectivity index (χ3v) is 5.10. The minimum absolute atomic E-state index is 0.137. The van der Waals surface area contributed by atoms with Crippen LogP contribution in [0.25, 0.3) is 0 Å². The summed E-state index contributed by atoms with van der Waals surface area (Å²) >= 11 is 0. The average molecular weight is 249 g/mol. The van der Waals surface area contributed by atoms with E-state index in [9.17, 15) is 5.11 Å². The van der Waals surface area contributed by atoms with Gasteiger partial charge in [-0.25, -0.2) is 0 Å². The summed E-state index contributed by atoms with van der Waals surface area (Å²) in [5, 5.41) is 18.4. The van der Waals surface area contributed by atoms with Crippen LogP contribution in [0.2, 0.25) is 0 Å². The zero-order valence-electron chi connectivity index (χ0n) is 10.6. The second kappa shape index (κ2) is 3.78. The molecule has 1 aliphatic heterocycles. The molecule has 0 spiro atoms. The van der Waals surface area contributed by atoms with E-state index in [1.807, 2.05) is 6.92 Å². The Labute approximate surface area is 106 Å². The van der Waals surface area contributed by atoms with E-state index in [2.05, 4.69) is 15.1 Å². The van der Waals surface area contributed by atoms with Gasteiger partial charge in [-0.15, -0.1) is 10.2 Å². The Balaban J connectivity index is 1.53. The van der Waals surface area contributed by atoms with Crippen molar-refractivity contribution in [1.29, 1.82) is 0 Å². The van der Waals surface area contributed by atoms with Crippen LogP contribution < -0.4 is 0 Å². The molecule has 1 aromatic heterocycles. The zero-order chi connectivity index (χ0) is 12.3. The van der Waals surface area contributed by atoms with Crippen molar-refractivity contribution < 1.29 is 9.52 Å². The van der Waals surface area contributed by atoms with E-state index in [1.54, 1.807) is 0 Å². The van der Waals surface area contributed by atoms with Gasteiger partial charge in [0.1, 0.15) is 0 Å². The van der Waals surface area contributed by atoms with E-state index in [4.69, 9.17) is 4.42 Å². The first kappa shape index (κ1) is 10.9. The van der Waals surface area contributed by atoms with Crippen LogP contribution in [0.3, 0.4) is 0 Å². The molecule has 1 saturated heterocycles. The number of aromatic nitrogens is 2. The fourth-order valence-electron chi connectivity index (χ4n) is 4.39. The van der Waals surface area contributed by atoms with Crippen molar-refractivity contribution in [3.05, 3.63) is 11.8 Å². The van der Waals surface area contributed by atoms with Crippen LogP contribution in [0.1, 0.15) is 31.5 Å². The van der Waals surface area contributed by atoms with Crippen molar-refractivity contribution in [1.82, 2.24) is 15.1 Å². The van der Waals surface area contributed by atoms with E-state index in [-0.39, 0.29) is 6.10 Å². The number of aliphatic hydroxyl groups excluding tert-OH is 1. The summed E-state index contributed by atoms with van der Waals surface area (Å²) in [4.78, 5) is 2.36. The molecule has 3 fully saturated rings. The molecule has 0 aromatic carbocycles. The minimum Gasteiger partial charge on any atom is -0.424 e. The first-order chi connectivity index (χ1) is 8.76. The van der Waals surface area contributed by atoms with Gasteiger partial charge in [0, 0.05) is 19.0 Å². The molecule has 0 radical (unpaired) electrons. The van der Waals surface area contributed by atoms with Gasteiger partial charge in [0.2, 0.25) is 11.8 Å². The second-order valence-corrected chi connectivity index (χ2v) is 6.01. The molecule has 2 aliphatic carbocycles. The van der Waals surface area contributed by atoms with E-state index < -0.39 is 0 Å². The molecule has 2 heterocycles. The standard InChI is InChI=1S/C13H19N3O2/c1-2-10-14-15-11(18-10)6-16-5-8-3-7-4-9(8)12(16)13(7)17/h7-9,12-13,17H,2-6H2,1H3. The van der Waals surface area contributed by atoms with Crippen LogP contribution in [0.15, 0.2) is 4.42 Å². The molecule has 3 aliphatic rings. The molecule has 2 bridgehead atoms. The maximum atomic E-state index is 10.3. The van der Waals surface area contributed by atoms with Gasteiger partial charge < -0.3 is 9.52 Å². The molecule has 2 saturated carbocycles. The topological polar surface area (TPSA) is 62.4 Å². The first-order valence-electron chi connectivity index (χ1n) is 6.99. The largest absolute Gasteiger partial charge is 0.424 e. The van der Waals surface area contributed by atoms with Gasteiger partial charge in [0.15, 0.2) is 0 Å².